The van der Waals surface area contributed by atoms with E-state index < -0.39 is 4.92 Å². The standard InChI is InChI=1S/C14H21N3O3/c1-3-6-12(15)9-14(18)16(2)10-11-7-4-5-8-13(11)17(19)20/h4-5,7-8,12H,3,6,9-10,15H2,1-2H3. The summed E-state index contributed by atoms with van der Waals surface area (Å²) in [5, 5.41) is 10.9. The summed E-state index contributed by atoms with van der Waals surface area (Å²) in [6.45, 7) is 2.23. The van der Waals surface area contributed by atoms with Crippen LogP contribution in [-0.2, 0) is 11.3 Å². The molecule has 6 nitrogen and oxygen atoms in total. The number of hydrogen-bond acceptors (Lipinski definition) is 4. The zero-order chi connectivity index (χ0) is 15.1. The maximum atomic E-state index is 12.0. The maximum Gasteiger partial charge on any atom is 0.274 e. The molecule has 6 heteroatoms. The van der Waals surface area contributed by atoms with Crippen LogP contribution >= 0.6 is 0 Å². The van der Waals surface area contributed by atoms with E-state index in [2.05, 4.69) is 0 Å². The Balaban J connectivity index is 2.68. The molecule has 0 radical (unpaired) electrons. The Bertz CT molecular complexity index is 476. The Hall–Kier alpha value is -1.95. The van der Waals surface area contributed by atoms with Crippen LogP contribution in [0.5, 0.6) is 0 Å². The van der Waals surface area contributed by atoms with Gasteiger partial charge < -0.3 is 10.6 Å². The van der Waals surface area contributed by atoms with Crippen molar-refractivity contribution in [2.45, 2.75) is 38.8 Å². The Morgan fingerprint density at radius 2 is 2.10 bits per heavy atom. The maximum absolute atomic E-state index is 12.0. The van der Waals surface area contributed by atoms with Crippen LogP contribution in [0.15, 0.2) is 24.3 Å². The Labute approximate surface area is 118 Å². The fourth-order valence-corrected chi connectivity index (χ4v) is 2.02. The van der Waals surface area contributed by atoms with E-state index in [1.54, 1.807) is 25.2 Å². The number of hydrogen-bond donors (Lipinski definition) is 1. The molecule has 0 fully saturated rings. The fraction of sp³-hybridized carbons (Fsp3) is 0.500. The van der Waals surface area contributed by atoms with E-state index in [-0.39, 0.29) is 30.6 Å². The van der Waals surface area contributed by atoms with Crippen molar-refractivity contribution in [2.75, 3.05) is 7.05 Å². The summed E-state index contributed by atoms with van der Waals surface area (Å²) in [6, 6.07) is 6.29. The second kappa shape index (κ2) is 7.59. The first kappa shape index (κ1) is 16.1. The number of carbonyl (C=O) groups is 1. The molecular weight excluding hydrogens is 258 g/mol. The molecule has 0 aliphatic heterocycles. The number of amides is 1. The van der Waals surface area contributed by atoms with Gasteiger partial charge >= 0.3 is 0 Å². The first-order valence-electron chi connectivity index (χ1n) is 6.67. The van der Waals surface area contributed by atoms with Gasteiger partial charge in [0.2, 0.25) is 5.91 Å². The third-order valence-corrected chi connectivity index (χ3v) is 3.12. The summed E-state index contributed by atoms with van der Waals surface area (Å²) in [7, 11) is 1.64. The van der Waals surface area contributed by atoms with Crippen molar-refractivity contribution < 1.29 is 9.72 Å². The summed E-state index contributed by atoms with van der Waals surface area (Å²) in [6.07, 6.45) is 2.00. The lowest BCUT2D eigenvalue weighted by molar-refractivity contribution is -0.385. The number of nitro benzene ring substituents is 1. The molecule has 0 aliphatic carbocycles. The van der Waals surface area contributed by atoms with Gasteiger partial charge in [-0.15, -0.1) is 0 Å². The molecule has 2 N–H and O–H groups in total. The normalized spacial score (nSPS) is 11.9. The summed E-state index contributed by atoms with van der Waals surface area (Å²) >= 11 is 0. The average Bonchev–Trinajstić information content (AvgIpc) is 2.39. The SMILES string of the molecule is CCCC(N)CC(=O)N(C)Cc1ccccc1[N+](=O)[O-]. The number of nitrogens with two attached hydrogens (primary N) is 1. The van der Waals surface area contributed by atoms with Gasteiger partial charge in [-0.1, -0.05) is 31.5 Å². The summed E-state index contributed by atoms with van der Waals surface area (Å²) in [5.74, 6) is -0.0934. The third-order valence-electron chi connectivity index (χ3n) is 3.12. The van der Waals surface area contributed by atoms with E-state index in [9.17, 15) is 14.9 Å². The van der Waals surface area contributed by atoms with Crippen molar-refractivity contribution in [3.05, 3.63) is 39.9 Å². The Kier molecular flexibility index (Phi) is 6.11. The molecule has 0 spiro atoms. The number of benzene rings is 1. The molecule has 0 saturated carbocycles. The number of nitro groups is 1. The van der Waals surface area contributed by atoms with Gasteiger partial charge in [0.25, 0.3) is 5.69 Å². The average molecular weight is 279 g/mol. The minimum Gasteiger partial charge on any atom is -0.341 e. The summed E-state index contributed by atoms with van der Waals surface area (Å²) in [4.78, 5) is 24.0. The third kappa shape index (κ3) is 4.62. The van der Waals surface area contributed by atoms with E-state index in [0.717, 1.165) is 12.8 Å². The number of para-hydroxylation sites is 1. The molecule has 1 aromatic carbocycles. The van der Waals surface area contributed by atoms with E-state index in [1.807, 2.05) is 6.92 Å². The van der Waals surface area contributed by atoms with Crippen LogP contribution in [0, 0.1) is 10.1 Å². The molecule has 0 heterocycles. The zero-order valence-electron chi connectivity index (χ0n) is 11.9. The largest absolute Gasteiger partial charge is 0.341 e. The van der Waals surface area contributed by atoms with Gasteiger partial charge in [-0.3, -0.25) is 14.9 Å². The monoisotopic (exact) mass is 279 g/mol. The minimum absolute atomic E-state index is 0.0324. The molecule has 1 unspecified atom stereocenters. The quantitative estimate of drug-likeness (QED) is 0.611. The number of carbonyl (C=O) groups excluding carboxylic acids is 1. The number of nitrogens with zero attached hydrogens (tertiary/aromatic N) is 2. The molecule has 20 heavy (non-hydrogen) atoms. The first-order chi connectivity index (χ1) is 9.45. The summed E-state index contributed by atoms with van der Waals surface area (Å²) in [5.41, 5.74) is 6.40. The van der Waals surface area contributed by atoms with Gasteiger partial charge in [-0.2, -0.15) is 0 Å². The molecule has 110 valence electrons. The smallest absolute Gasteiger partial charge is 0.274 e. The van der Waals surface area contributed by atoms with Gasteiger partial charge in [0.05, 0.1) is 11.5 Å². The van der Waals surface area contributed by atoms with Crippen LogP contribution < -0.4 is 5.73 Å². The predicted octanol–water partition coefficient (Wildman–Crippen LogP) is 2.07. The highest BCUT2D eigenvalue weighted by Crippen LogP contribution is 2.19. The molecule has 1 atom stereocenters. The highest BCUT2D eigenvalue weighted by molar-refractivity contribution is 5.76. The first-order valence-corrected chi connectivity index (χ1v) is 6.67. The van der Waals surface area contributed by atoms with Gasteiger partial charge in [0.1, 0.15) is 0 Å². The van der Waals surface area contributed by atoms with Crippen LogP contribution in [-0.4, -0.2) is 28.8 Å². The van der Waals surface area contributed by atoms with Gasteiger partial charge in [-0.25, -0.2) is 0 Å². The Morgan fingerprint density at radius 3 is 2.70 bits per heavy atom. The van der Waals surface area contributed by atoms with E-state index in [1.165, 1.54) is 11.0 Å². The van der Waals surface area contributed by atoms with E-state index in [4.69, 9.17) is 5.73 Å². The van der Waals surface area contributed by atoms with Crippen LogP contribution in [0.2, 0.25) is 0 Å². The van der Waals surface area contributed by atoms with Crippen LogP contribution in [0.4, 0.5) is 5.69 Å². The molecular formula is C14H21N3O3. The van der Waals surface area contributed by atoms with E-state index >= 15 is 0 Å². The van der Waals surface area contributed by atoms with Crippen molar-refractivity contribution in [3.63, 3.8) is 0 Å². The second-order valence-corrected chi connectivity index (χ2v) is 4.89. The van der Waals surface area contributed by atoms with Crippen molar-refractivity contribution >= 4 is 11.6 Å². The molecule has 0 saturated heterocycles. The molecule has 0 aliphatic rings. The lowest BCUT2D eigenvalue weighted by atomic mass is 10.1. The fourth-order valence-electron chi connectivity index (χ4n) is 2.02. The summed E-state index contributed by atoms with van der Waals surface area (Å²) < 4.78 is 0. The predicted molar refractivity (Wildman–Crippen MR) is 77.1 cm³/mol. The molecule has 1 amide bonds. The van der Waals surface area contributed by atoms with Crippen LogP contribution in [0.1, 0.15) is 31.7 Å². The van der Waals surface area contributed by atoms with Gasteiger partial charge in [0.15, 0.2) is 0 Å². The number of rotatable bonds is 7. The van der Waals surface area contributed by atoms with Gasteiger partial charge in [0, 0.05) is 31.1 Å². The zero-order valence-corrected chi connectivity index (χ0v) is 11.9. The highest BCUT2D eigenvalue weighted by atomic mass is 16.6. The van der Waals surface area contributed by atoms with Crippen molar-refractivity contribution in [2.24, 2.45) is 5.73 Å². The second-order valence-electron chi connectivity index (χ2n) is 4.89. The van der Waals surface area contributed by atoms with Crippen molar-refractivity contribution in [1.82, 2.24) is 4.90 Å². The van der Waals surface area contributed by atoms with Crippen LogP contribution in [0.3, 0.4) is 0 Å². The van der Waals surface area contributed by atoms with Crippen molar-refractivity contribution in [1.29, 1.82) is 0 Å². The minimum atomic E-state index is -0.434. The van der Waals surface area contributed by atoms with Crippen LogP contribution in [0.25, 0.3) is 0 Å². The van der Waals surface area contributed by atoms with E-state index in [0.29, 0.717) is 5.56 Å². The van der Waals surface area contributed by atoms with Crippen molar-refractivity contribution in [3.8, 4) is 0 Å². The molecule has 1 rings (SSSR count). The molecule has 1 aromatic rings. The lowest BCUT2D eigenvalue weighted by Crippen LogP contribution is -2.33. The highest BCUT2D eigenvalue weighted by Gasteiger charge is 2.18. The lowest BCUT2D eigenvalue weighted by Gasteiger charge is -2.19. The van der Waals surface area contributed by atoms with Gasteiger partial charge in [-0.05, 0) is 6.42 Å². The topological polar surface area (TPSA) is 89.5 Å². The Morgan fingerprint density at radius 1 is 1.45 bits per heavy atom. The molecule has 0 aromatic heterocycles. The molecule has 0 bridgehead atoms.